The van der Waals surface area contributed by atoms with Crippen molar-refractivity contribution in [2.75, 3.05) is 22.6 Å². The molecule has 0 unspecified atom stereocenters. The summed E-state index contributed by atoms with van der Waals surface area (Å²) in [6.45, 7) is 5.04. The molecule has 1 aliphatic heterocycles. The number of halogens is 4. The van der Waals surface area contributed by atoms with Crippen LogP contribution in [0.3, 0.4) is 0 Å². The average Bonchev–Trinajstić information content (AvgIpc) is 3.16. The normalized spacial score (nSPS) is 14.5. The van der Waals surface area contributed by atoms with Crippen molar-refractivity contribution in [2.45, 2.75) is 39.5 Å². The van der Waals surface area contributed by atoms with Crippen molar-refractivity contribution in [3.05, 3.63) is 40.5 Å². The van der Waals surface area contributed by atoms with Crippen LogP contribution in [-0.2, 0) is 20.5 Å². The molecule has 0 fully saturated rings. The molecule has 0 aliphatic carbocycles. The minimum Gasteiger partial charge on any atom is -0.444 e. The molecule has 1 aromatic carbocycles. The Bertz CT molecular complexity index is 1240. The summed E-state index contributed by atoms with van der Waals surface area (Å²) in [6, 6.07) is 1.95. The van der Waals surface area contributed by atoms with Gasteiger partial charge in [-0.15, -0.1) is 0 Å². The van der Waals surface area contributed by atoms with Gasteiger partial charge in [-0.25, -0.2) is 9.18 Å². The van der Waals surface area contributed by atoms with Crippen LogP contribution in [0.25, 0.3) is 11.6 Å². The van der Waals surface area contributed by atoms with E-state index in [1.165, 1.54) is 6.92 Å². The molecule has 0 saturated carbocycles. The number of hydrogen-bond acceptors (Lipinski definition) is 5. The first kappa shape index (κ1) is 25.7. The van der Waals surface area contributed by atoms with Gasteiger partial charge in [-0.3, -0.25) is 14.9 Å². The number of ether oxygens (including phenoxy) is 1. The van der Waals surface area contributed by atoms with Gasteiger partial charge in [-0.1, -0.05) is 0 Å². The van der Waals surface area contributed by atoms with Crippen molar-refractivity contribution in [2.24, 2.45) is 0 Å². The predicted molar refractivity (Wildman–Crippen MR) is 119 cm³/mol. The first-order valence-electron chi connectivity index (χ1n) is 10.2. The minimum atomic E-state index is -4.94. The molecule has 13 heteroatoms. The topological polar surface area (TPSA) is 133 Å². The Kier molecular flexibility index (Phi) is 6.66. The van der Waals surface area contributed by atoms with Gasteiger partial charge in [-0.05, 0) is 45.9 Å². The molecule has 2 aromatic rings. The number of amides is 3. The quantitative estimate of drug-likeness (QED) is 0.318. The summed E-state index contributed by atoms with van der Waals surface area (Å²) in [6.07, 6.45) is -5.15. The maximum atomic E-state index is 14.5. The summed E-state index contributed by atoms with van der Waals surface area (Å²) >= 11 is 0. The lowest BCUT2D eigenvalue weighted by Gasteiger charge is -2.20. The van der Waals surface area contributed by atoms with Crippen LogP contribution in [0.2, 0.25) is 0 Å². The van der Waals surface area contributed by atoms with E-state index in [2.05, 4.69) is 20.9 Å². The van der Waals surface area contributed by atoms with Crippen LogP contribution in [0.1, 0.15) is 43.3 Å². The summed E-state index contributed by atoms with van der Waals surface area (Å²) < 4.78 is 61.5. The number of H-pyrrole nitrogens is 1. The molecule has 0 radical (unpaired) electrons. The summed E-state index contributed by atoms with van der Waals surface area (Å²) in [5.74, 6) is -2.68. The van der Waals surface area contributed by atoms with Crippen LogP contribution in [0.15, 0.2) is 12.1 Å². The highest BCUT2D eigenvalue weighted by Crippen LogP contribution is 2.43. The van der Waals surface area contributed by atoms with Gasteiger partial charge in [0.15, 0.2) is 0 Å². The Morgan fingerprint density at radius 3 is 2.40 bits per heavy atom. The van der Waals surface area contributed by atoms with Gasteiger partial charge in [0.1, 0.15) is 23.6 Å². The fourth-order valence-electron chi connectivity index (χ4n) is 3.40. The number of fused-ring (bicyclic) bond motifs is 1. The van der Waals surface area contributed by atoms with E-state index < -0.39 is 59.1 Å². The number of rotatable bonds is 4. The summed E-state index contributed by atoms with van der Waals surface area (Å²) in [5.41, 5.74) is -4.00. The molecule has 3 amide bonds. The van der Waals surface area contributed by atoms with E-state index in [4.69, 9.17) is 9.84 Å². The zero-order valence-corrected chi connectivity index (χ0v) is 19.0. The van der Waals surface area contributed by atoms with Crippen molar-refractivity contribution < 1.29 is 41.8 Å². The van der Waals surface area contributed by atoms with Crippen LogP contribution >= 0.6 is 0 Å². The number of benzene rings is 1. The molecule has 5 N–H and O–H groups in total. The number of carbonyl (C=O) groups is 3. The van der Waals surface area contributed by atoms with Crippen molar-refractivity contribution in [3.63, 3.8) is 0 Å². The van der Waals surface area contributed by atoms with Crippen LogP contribution in [0, 0.1) is 12.7 Å². The lowest BCUT2D eigenvalue weighted by molar-refractivity contribution is -0.137. The maximum absolute atomic E-state index is 14.5. The zero-order valence-electron chi connectivity index (χ0n) is 19.0. The zero-order chi connectivity index (χ0) is 26.3. The van der Waals surface area contributed by atoms with Crippen LogP contribution in [-0.4, -0.2) is 40.2 Å². The maximum Gasteiger partial charge on any atom is 0.420 e. The van der Waals surface area contributed by atoms with Gasteiger partial charge in [-0.2, -0.15) is 13.2 Å². The van der Waals surface area contributed by atoms with E-state index in [1.807, 2.05) is 0 Å². The summed E-state index contributed by atoms with van der Waals surface area (Å²) in [5, 5.41) is 15.4. The molecule has 1 aliphatic rings. The average molecular weight is 498 g/mol. The van der Waals surface area contributed by atoms with E-state index in [0.29, 0.717) is 0 Å². The summed E-state index contributed by atoms with van der Waals surface area (Å²) in [7, 11) is 0. The second-order valence-corrected chi connectivity index (χ2v) is 8.63. The van der Waals surface area contributed by atoms with Crippen LogP contribution < -0.4 is 16.0 Å². The number of aromatic nitrogens is 1. The van der Waals surface area contributed by atoms with E-state index in [1.54, 1.807) is 20.8 Å². The molecule has 0 atom stereocenters. The Hall–Kier alpha value is -3.87. The van der Waals surface area contributed by atoms with Gasteiger partial charge >= 0.3 is 12.3 Å². The van der Waals surface area contributed by atoms with Gasteiger partial charge < -0.3 is 25.5 Å². The van der Waals surface area contributed by atoms with Gasteiger partial charge in [0, 0.05) is 11.3 Å². The fraction of sp³-hybridized carbons (Fsp3) is 0.318. The van der Waals surface area contributed by atoms with Crippen LogP contribution in [0.5, 0.6) is 0 Å². The number of aliphatic hydroxyl groups is 1. The highest BCUT2D eigenvalue weighted by atomic mass is 19.4. The van der Waals surface area contributed by atoms with Gasteiger partial charge in [0.2, 0.25) is 5.91 Å². The van der Waals surface area contributed by atoms with Gasteiger partial charge in [0.25, 0.3) is 5.91 Å². The highest BCUT2D eigenvalue weighted by Gasteiger charge is 2.40. The largest absolute Gasteiger partial charge is 0.444 e. The van der Waals surface area contributed by atoms with E-state index in [0.717, 1.165) is 18.2 Å². The first-order chi connectivity index (χ1) is 16.1. The third-order valence-electron chi connectivity index (χ3n) is 4.72. The van der Waals surface area contributed by atoms with Crippen molar-refractivity contribution >= 4 is 46.6 Å². The second kappa shape index (κ2) is 9.06. The Labute approximate surface area is 196 Å². The van der Waals surface area contributed by atoms with Crippen molar-refractivity contribution in [1.82, 2.24) is 4.98 Å². The number of alkyl halides is 3. The summed E-state index contributed by atoms with van der Waals surface area (Å²) in [4.78, 5) is 38.5. The van der Waals surface area contributed by atoms with Crippen LogP contribution in [0.4, 0.5) is 39.4 Å². The fourth-order valence-corrected chi connectivity index (χ4v) is 3.40. The molecule has 9 nitrogen and oxygen atoms in total. The number of aryl methyl sites for hydroxylation is 1. The van der Waals surface area contributed by atoms with Crippen molar-refractivity contribution in [1.29, 1.82) is 0 Å². The molecule has 3 rings (SSSR count). The van der Waals surface area contributed by atoms with E-state index >= 15 is 0 Å². The number of carbonyl (C=O) groups excluding carboxylic acids is 3. The highest BCUT2D eigenvalue weighted by molar-refractivity contribution is 6.35. The van der Waals surface area contributed by atoms with Crippen molar-refractivity contribution in [3.8, 4) is 0 Å². The molecule has 0 bridgehead atoms. The molecule has 0 saturated heterocycles. The molecular weight excluding hydrogens is 476 g/mol. The monoisotopic (exact) mass is 498 g/mol. The van der Waals surface area contributed by atoms with Gasteiger partial charge in [0.05, 0.1) is 28.3 Å². The number of hydrogen-bond donors (Lipinski definition) is 5. The Morgan fingerprint density at radius 2 is 1.83 bits per heavy atom. The SMILES string of the molecule is Cc1[nH]c(/C=C2\C(=O)Nc3cc(NC(=O)CO)c(F)cc32)c(C(F)(F)F)c1NC(=O)OC(C)(C)C. The number of aromatic amines is 1. The second-order valence-electron chi connectivity index (χ2n) is 8.63. The smallest absolute Gasteiger partial charge is 0.420 e. The first-order valence-corrected chi connectivity index (χ1v) is 10.2. The predicted octanol–water partition coefficient (Wildman–Crippen LogP) is 4.25. The number of aliphatic hydroxyl groups excluding tert-OH is 1. The number of anilines is 3. The van der Waals surface area contributed by atoms with E-state index in [-0.39, 0.29) is 28.2 Å². The Balaban J connectivity index is 2.07. The molecule has 188 valence electrons. The molecule has 2 heterocycles. The lowest BCUT2D eigenvalue weighted by atomic mass is 10.0. The minimum absolute atomic E-state index is 0.0415. The molecular formula is C22H22F4N4O5. The van der Waals surface area contributed by atoms with E-state index in [9.17, 15) is 31.9 Å². The number of nitrogens with one attached hydrogen (secondary N) is 4. The molecule has 35 heavy (non-hydrogen) atoms. The molecule has 1 aromatic heterocycles. The third-order valence-corrected chi connectivity index (χ3v) is 4.72. The molecule has 0 spiro atoms. The standard InChI is InChI=1S/C22H22F4N4O5/c1-9-18(30-20(34)35-21(2,3)4)17(22(24,25)26)15(27-9)6-11-10-5-12(23)14(28-16(32)8-31)7-13(10)29-19(11)33/h5-7,27,31H,8H2,1-4H3,(H,28,32)(H,29,33)(H,30,34)/b11-6-. The Morgan fingerprint density at radius 1 is 1.17 bits per heavy atom. The lowest BCUT2D eigenvalue weighted by Crippen LogP contribution is -2.28. The third kappa shape index (κ3) is 5.62.